The summed E-state index contributed by atoms with van der Waals surface area (Å²) in [4.78, 5) is 19.4. The van der Waals surface area contributed by atoms with Crippen LogP contribution in [0.1, 0.15) is 36.1 Å². The summed E-state index contributed by atoms with van der Waals surface area (Å²) >= 11 is 0. The van der Waals surface area contributed by atoms with E-state index in [1.807, 2.05) is 24.3 Å². The van der Waals surface area contributed by atoms with Crippen molar-refractivity contribution in [2.24, 2.45) is 0 Å². The van der Waals surface area contributed by atoms with Gasteiger partial charge in [-0.25, -0.2) is 4.98 Å². The number of carbonyl (C=O) groups excluding carboxylic acids is 1. The van der Waals surface area contributed by atoms with Gasteiger partial charge < -0.3 is 23.5 Å². The molecule has 7 nitrogen and oxygen atoms in total. The van der Waals surface area contributed by atoms with Gasteiger partial charge in [-0.05, 0) is 25.0 Å². The van der Waals surface area contributed by atoms with E-state index in [1.165, 1.54) is 0 Å². The third kappa shape index (κ3) is 3.16. The first-order chi connectivity index (χ1) is 13.3. The average molecular weight is 370 g/mol. The van der Waals surface area contributed by atoms with Gasteiger partial charge in [-0.1, -0.05) is 12.1 Å². The second-order valence-electron chi connectivity index (χ2n) is 7.18. The van der Waals surface area contributed by atoms with Gasteiger partial charge in [0.05, 0.1) is 6.54 Å². The molecule has 142 valence electrons. The van der Waals surface area contributed by atoms with Crippen molar-refractivity contribution in [3.63, 3.8) is 0 Å². The monoisotopic (exact) mass is 370 g/mol. The van der Waals surface area contributed by atoms with Crippen LogP contribution in [0, 0.1) is 0 Å². The maximum absolute atomic E-state index is 12.9. The minimum Gasteiger partial charge on any atom is -0.485 e. The molecule has 0 bridgehead atoms. The van der Waals surface area contributed by atoms with Crippen LogP contribution in [0.25, 0.3) is 0 Å². The van der Waals surface area contributed by atoms with E-state index in [1.54, 1.807) is 4.90 Å². The number of hydrogen-bond acceptors (Lipinski definition) is 6. The number of hydrogen-bond donors (Lipinski definition) is 0. The lowest BCUT2D eigenvalue weighted by atomic mass is 10.0. The Kier molecular flexibility index (Phi) is 4.24. The van der Waals surface area contributed by atoms with Crippen LogP contribution in [-0.4, -0.2) is 48.3 Å². The van der Waals surface area contributed by atoms with Crippen LogP contribution in [0.3, 0.4) is 0 Å². The number of carbonyl (C=O) groups is 1. The van der Waals surface area contributed by atoms with E-state index < -0.39 is 6.10 Å². The number of amides is 1. The number of benzene rings is 1. The first kappa shape index (κ1) is 16.6. The molecule has 4 heterocycles. The molecule has 1 unspecified atom stereocenters. The lowest BCUT2D eigenvalue weighted by Crippen LogP contribution is -2.47. The van der Waals surface area contributed by atoms with Gasteiger partial charge in [-0.3, -0.25) is 4.79 Å². The van der Waals surface area contributed by atoms with Crippen molar-refractivity contribution in [3.8, 4) is 11.5 Å². The third-order valence-corrected chi connectivity index (χ3v) is 5.41. The summed E-state index contributed by atoms with van der Waals surface area (Å²) in [6.07, 6.45) is 1.94. The summed E-state index contributed by atoms with van der Waals surface area (Å²) < 4.78 is 23.0. The highest BCUT2D eigenvalue weighted by Gasteiger charge is 2.34. The topological polar surface area (TPSA) is 74.0 Å². The molecule has 0 aliphatic carbocycles. The van der Waals surface area contributed by atoms with Crippen molar-refractivity contribution in [3.05, 3.63) is 41.6 Å². The number of oxazole rings is 1. The Morgan fingerprint density at radius 2 is 1.96 bits per heavy atom. The first-order valence-corrected chi connectivity index (χ1v) is 9.51. The molecular weight excluding hydrogens is 348 g/mol. The molecule has 3 aliphatic rings. The molecule has 1 aromatic heterocycles. The normalized spacial score (nSPS) is 22.4. The second kappa shape index (κ2) is 6.88. The second-order valence-corrected chi connectivity index (χ2v) is 7.18. The Hall–Kier alpha value is -2.54. The highest BCUT2D eigenvalue weighted by Crippen LogP contribution is 2.33. The number of fused-ring (bicyclic) bond motifs is 2. The summed E-state index contributed by atoms with van der Waals surface area (Å²) in [6, 6.07) is 7.42. The zero-order valence-corrected chi connectivity index (χ0v) is 15.1. The highest BCUT2D eigenvalue weighted by molar-refractivity contribution is 5.82. The smallest absolute Gasteiger partial charge is 0.267 e. The summed E-state index contributed by atoms with van der Waals surface area (Å²) in [5.41, 5.74) is 0.869. The van der Waals surface area contributed by atoms with E-state index in [9.17, 15) is 4.79 Å². The fourth-order valence-electron chi connectivity index (χ4n) is 3.87. The SMILES string of the molecule is O=C(C1COc2ccccc2O1)N1CCc2oc(C3CCOCC3)nc2C1. The van der Waals surface area contributed by atoms with Crippen LogP contribution in [0.2, 0.25) is 0 Å². The summed E-state index contributed by atoms with van der Waals surface area (Å²) in [5, 5.41) is 0. The Morgan fingerprint density at radius 1 is 1.15 bits per heavy atom. The predicted molar refractivity (Wildman–Crippen MR) is 94.8 cm³/mol. The lowest BCUT2D eigenvalue weighted by molar-refractivity contribution is -0.142. The van der Waals surface area contributed by atoms with Gasteiger partial charge in [0.25, 0.3) is 5.91 Å². The van der Waals surface area contributed by atoms with Gasteiger partial charge in [0.15, 0.2) is 17.4 Å². The molecule has 0 radical (unpaired) electrons. The molecule has 1 aromatic carbocycles. The van der Waals surface area contributed by atoms with Gasteiger partial charge in [-0.2, -0.15) is 0 Å². The zero-order valence-electron chi connectivity index (χ0n) is 15.1. The maximum atomic E-state index is 12.9. The number of ether oxygens (including phenoxy) is 3. The van der Waals surface area contributed by atoms with Crippen LogP contribution in [0.4, 0.5) is 0 Å². The van der Waals surface area contributed by atoms with Gasteiger partial charge >= 0.3 is 0 Å². The van der Waals surface area contributed by atoms with E-state index >= 15 is 0 Å². The highest BCUT2D eigenvalue weighted by atomic mass is 16.6. The number of nitrogens with zero attached hydrogens (tertiary/aromatic N) is 2. The van der Waals surface area contributed by atoms with Gasteiger partial charge in [-0.15, -0.1) is 0 Å². The minimum atomic E-state index is -0.622. The first-order valence-electron chi connectivity index (χ1n) is 9.51. The summed E-state index contributed by atoms with van der Waals surface area (Å²) in [5.74, 6) is 3.25. The van der Waals surface area contributed by atoms with Crippen molar-refractivity contribution in [1.29, 1.82) is 0 Å². The van der Waals surface area contributed by atoms with Crippen molar-refractivity contribution in [2.75, 3.05) is 26.4 Å². The van der Waals surface area contributed by atoms with E-state index in [0.717, 1.165) is 43.4 Å². The fourth-order valence-corrected chi connectivity index (χ4v) is 3.87. The standard InChI is InChI=1S/C20H22N2O5/c23-20(18-12-25-16-3-1-2-4-17(16)26-18)22-8-5-15-14(11-22)21-19(27-15)13-6-9-24-10-7-13/h1-4,13,18H,5-12H2. The molecule has 0 spiro atoms. The molecule has 1 fully saturated rings. The Balaban J connectivity index is 1.28. The van der Waals surface area contributed by atoms with Crippen molar-refractivity contribution in [2.45, 2.75) is 37.8 Å². The van der Waals surface area contributed by atoms with Crippen molar-refractivity contribution < 1.29 is 23.4 Å². The van der Waals surface area contributed by atoms with Crippen molar-refractivity contribution in [1.82, 2.24) is 9.88 Å². The van der Waals surface area contributed by atoms with E-state index in [4.69, 9.17) is 23.6 Å². The molecule has 0 saturated carbocycles. The van der Waals surface area contributed by atoms with Crippen LogP contribution in [0.5, 0.6) is 11.5 Å². The lowest BCUT2D eigenvalue weighted by Gasteiger charge is -2.31. The zero-order chi connectivity index (χ0) is 18.2. The maximum Gasteiger partial charge on any atom is 0.267 e. The largest absolute Gasteiger partial charge is 0.485 e. The molecule has 0 N–H and O–H groups in total. The quantitative estimate of drug-likeness (QED) is 0.808. The van der Waals surface area contributed by atoms with E-state index in [2.05, 4.69) is 0 Å². The molecule has 5 rings (SSSR count). The molecule has 1 atom stereocenters. The molecule has 3 aliphatic heterocycles. The number of para-hydroxylation sites is 2. The van der Waals surface area contributed by atoms with Crippen LogP contribution < -0.4 is 9.47 Å². The summed E-state index contributed by atoms with van der Waals surface area (Å²) in [6.45, 7) is 2.80. The minimum absolute atomic E-state index is 0.0641. The Labute approximate surface area is 157 Å². The van der Waals surface area contributed by atoms with Crippen LogP contribution in [0.15, 0.2) is 28.7 Å². The summed E-state index contributed by atoms with van der Waals surface area (Å²) in [7, 11) is 0. The molecule has 27 heavy (non-hydrogen) atoms. The van der Waals surface area contributed by atoms with Gasteiger partial charge in [0.1, 0.15) is 18.1 Å². The van der Waals surface area contributed by atoms with Crippen LogP contribution >= 0.6 is 0 Å². The molecule has 7 heteroatoms. The number of rotatable bonds is 2. The van der Waals surface area contributed by atoms with Gasteiger partial charge in [0.2, 0.25) is 6.10 Å². The van der Waals surface area contributed by atoms with E-state index in [-0.39, 0.29) is 12.5 Å². The van der Waals surface area contributed by atoms with Gasteiger partial charge in [0, 0.05) is 32.1 Å². The molecular formula is C20H22N2O5. The molecule has 1 saturated heterocycles. The predicted octanol–water partition coefficient (Wildman–Crippen LogP) is 2.29. The average Bonchev–Trinajstić information content (AvgIpc) is 3.17. The molecule has 2 aromatic rings. The molecule has 1 amide bonds. The Morgan fingerprint density at radius 3 is 2.81 bits per heavy atom. The fraction of sp³-hybridized carbons (Fsp3) is 0.500. The van der Waals surface area contributed by atoms with Crippen LogP contribution in [-0.2, 0) is 22.5 Å². The Bertz CT molecular complexity index is 843. The third-order valence-electron chi connectivity index (χ3n) is 5.41. The number of aromatic nitrogens is 1. The van der Waals surface area contributed by atoms with Crippen molar-refractivity contribution >= 4 is 5.91 Å². The van der Waals surface area contributed by atoms with E-state index in [0.29, 0.717) is 36.9 Å².